The minimum atomic E-state index is 1.24. The molecule has 0 saturated carbocycles. The number of rotatable bonds is 1. The van der Waals surface area contributed by atoms with Crippen molar-refractivity contribution in [3.8, 4) is 11.1 Å². The van der Waals surface area contributed by atoms with Gasteiger partial charge in [0.25, 0.3) is 0 Å². The van der Waals surface area contributed by atoms with Crippen molar-refractivity contribution in [2.24, 2.45) is 0 Å². The molecule has 0 bridgehead atoms. The number of aryl methyl sites for hydroxylation is 2. The maximum Gasteiger partial charge on any atom is -0.0105 e. The maximum absolute atomic E-state index is 2.39. The van der Waals surface area contributed by atoms with Crippen LogP contribution in [-0.4, -0.2) is 0 Å². The molecule has 4 rings (SSSR count). The summed E-state index contributed by atoms with van der Waals surface area (Å²) in [4.78, 5) is 0. The molecule has 92 valence electrons. The van der Waals surface area contributed by atoms with Crippen LogP contribution >= 0.6 is 0 Å². The molecule has 0 unspecified atom stereocenters. The van der Waals surface area contributed by atoms with Crippen molar-refractivity contribution < 1.29 is 0 Å². The molecule has 0 fully saturated rings. The third-order valence-corrected chi connectivity index (χ3v) is 4.20. The predicted molar refractivity (Wildman–Crippen MR) is 81.4 cm³/mol. The summed E-state index contributed by atoms with van der Waals surface area (Å²) in [6.07, 6.45) is 3.81. The van der Waals surface area contributed by atoms with Crippen molar-refractivity contribution in [3.63, 3.8) is 0 Å². The highest BCUT2D eigenvalue weighted by molar-refractivity contribution is 5.96. The Balaban J connectivity index is 1.95. The highest BCUT2D eigenvalue weighted by Crippen LogP contribution is 2.32. The summed E-state index contributed by atoms with van der Waals surface area (Å²) in [5.74, 6) is 0. The fourth-order valence-corrected chi connectivity index (χ4v) is 3.22. The average Bonchev–Trinajstić information content (AvgIpc) is 2.94. The van der Waals surface area contributed by atoms with Crippen molar-refractivity contribution in [1.29, 1.82) is 0 Å². The van der Waals surface area contributed by atoms with Crippen LogP contribution in [0.1, 0.15) is 17.5 Å². The molecule has 0 N–H and O–H groups in total. The van der Waals surface area contributed by atoms with Gasteiger partial charge < -0.3 is 0 Å². The van der Waals surface area contributed by atoms with E-state index in [1.54, 1.807) is 11.1 Å². The number of benzene rings is 3. The van der Waals surface area contributed by atoms with Crippen LogP contribution in [0.3, 0.4) is 0 Å². The summed E-state index contributed by atoms with van der Waals surface area (Å²) in [5, 5.41) is 2.67. The molecule has 1 aliphatic rings. The lowest BCUT2D eigenvalue weighted by Gasteiger charge is -2.09. The molecule has 0 nitrogen and oxygen atoms in total. The van der Waals surface area contributed by atoms with Gasteiger partial charge in [-0.25, -0.2) is 0 Å². The zero-order chi connectivity index (χ0) is 12.7. The van der Waals surface area contributed by atoms with Crippen LogP contribution in [0.25, 0.3) is 21.9 Å². The highest BCUT2D eigenvalue weighted by Gasteiger charge is 2.12. The smallest absolute Gasteiger partial charge is 0.0105 e. The topological polar surface area (TPSA) is 0 Å². The monoisotopic (exact) mass is 244 g/mol. The van der Waals surface area contributed by atoms with E-state index in [0.29, 0.717) is 0 Å². The average molecular weight is 244 g/mol. The molecule has 0 atom stereocenters. The Labute approximate surface area is 113 Å². The van der Waals surface area contributed by atoms with Crippen LogP contribution < -0.4 is 0 Å². The van der Waals surface area contributed by atoms with E-state index in [-0.39, 0.29) is 0 Å². The molecule has 0 heteroatoms. The lowest BCUT2D eigenvalue weighted by Crippen LogP contribution is -1.86. The van der Waals surface area contributed by atoms with E-state index in [4.69, 9.17) is 0 Å². The van der Waals surface area contributed by atoms with E-state index in [1.807, 2.05) is 0 Å². The van der Waals surface area contributed by atoms with Crippen LogP contribution in [0.2, 0.25) is 0 Å². The van der Waals surface area contributed by atoms with Gasteiger partial charge in [-0.15, -0.1) is 0 Å². The summed E-state index contributed by atoms with van der Waals surface area (Å²) in [7, 11) is 0. The molecule has 19 heavy (non-hydrogen) atoms. The fourth-order valence-electron chi connectivity index (χ4n) is 3.22. The molecule has 0 spiro atoms. The van der Waals surface area contributed by atoms with Gasteiger partial charge in [-0.1, -0.05) is 60.7 Å². The molecule has 3 aromatic rings. The Hall–Kier alpha value is -2.08. The second-order valence-electron chi connectivity index (χ2n) is 5.36. The van der Waals surface area contributed by atoms with Gasteiger partial charge in [0.15, 0.2) is 0 Å². The number of hydrogen-bond acceptors (Lipinski definition) is 0. The lowest BCUT2D eigenvalue weighted by molar-refractivity contribution is 0.912. The van der Waals surface area contributed by atoms with Gasteiger partial charge in [0, 0.05) is 0 Å². The van der Waals surface area contributed by atoms with Gasteiger partial charge in [0.05, 0.1) is 0 Å². The highest BCUT2D eigenvalue weighted by atomic mass is 14.2. The molecular weight excluding hydrogens is 228 g/mol. The third-order valence-electron chi connectivity index (χ3n) is 4.20. The zero-order valence-electron chi connectivity index (χ0n) is 10.9. The van der Waals surface area contributed by atoms with E-state index in [2.05, 4.69) is 60.7 Å². The first-order valence-corrected chi connectivity index (χ1v) is 7.02. The van der Waals surface area contributed by atoms with Crippen LogP contribution in [0.5, 0.6) is 0 Å². The van der Waals surface area contributed by atoms with E-state index in [9.17, 15) is 0 Å². The second-order valence-corrected chi connectivity index (χ2v) is 5.36. The largest absolute Gasteiger partial charge is 0.0616 e. The van der Waals surface area contributed by atoms with Crippen molar-refractivity contribution in [3.05, 3.63) is 71.8 Å². The van der Waals surface area contributed by atoms with Crippen LogP contribution in [0.15, 0.2) is 60.7 Å². The molecular formula is C19H16. The molecule has 0 amide bonds. The predicted octanol–water partition coefficient (Wildman–Crippen LogP) is 5.00. The van der Waals surface area contributed by atoms with E-state index in [1.165, 1.54) is 41.2 Å². The van der Waals surface area contributed by atoms with Gasteiger partial charge in [-0.2, -0.15) is 0 Å². The minimum absolute atomic E-state index is 1.24. The van der Waals surface area contributed by atoms with Gasteiger partial charge in [0.2, 0.25) is 0 Å². The summed E-state index contributed by atoms with van der Waals surface area (Å²) >= 11 is 0. The molecule has 0 saturated heterocycles. The first-order valence-electron chi connectivity index (χ1n) is 7.02. The van der Waals surface area contributed by atoms with Crippen LogP contribution in [-0.2, 0) is 12.8 Å². The maximum atomic E-state index is 2.39. The van der Waals surface area contributed by atoms with E-state index in [0.717, 1.165) is 0 Å². The van der Waals surface area contributed by atoms with Gasteiger partial charge in [-0.05, 0) is 52.3 Å². The molecule has 0 aliphatic heterocycles. The Morgan fingerprint density at radius 3 is 2.53 bits per heavy atom. The lowest BCUT2D eigenvalue weighted by atomic mass is 9.96. The first-order chi connectivity index (χ1) is 9.42. The minimum Gasteiger partial charge on any atom is -0.0616 e. The van der Waals surface area contributed by atoms with Gasteiger partial charge in [-0.3, -0.25) is 0 Å². The molecule has 0 radical (unpaired) electrons. The first kappa shape index (κ1) is 10.8. The van der Waals surface area contributed by atoms with Crippen LogP contribution in [0, 0.1) is 0 Å². The molecule has 3 aromatic carbocycles. The summed E-state index contributed by atoms with van der Waals surface area (Å²) in [6.45, 7) is 0. The van der Waals surface area contributed by atoms with Crippen molar-refractivity contribution in [1.82, 2.24) is 0 Å². The Morgan fingerprint density at radius 2 is 1.53 bits per heavy atom. The van der Waals surface area contributed by atoms with E-state index < -0.39 is 0 Å². The summed E-state index contributed by atoms with van der Waals surface area (Å²) in [5.41, 5.74) is 5.81. The summed E-state index contributed by atoms with van der Waals surface area (Å²) < 4.78 is 0. The number of hydrogen-bond donors (Lipinski definition) is 0. The molecule has 0 heterocycles. The number of fused-ring (bicyclic) bond motifs is 2. The van der Waals surface area contributed by atoms with Crippen LogP contribution in [0.4, 0.5) is 0 Å². The second kappa shape index (κ2) is 4.24. The van der Waals surface area contributed by atoms with Gasteiger partial charge in [0.1, 0.15) is 0 Å². The Kier molecular flexibility index (Phi) is 2.41. The Morgan fingerprint density at radius 1 is 0.684 bits per heavy atom. The Bertz CT molecular complexity index is 748. The quantitative estimate of drug-likeness (QED) is 0.565. The standard InChI is InChI=1S/C19H16/c1-2-9-18-15(5-1)7-4-10-19(18)17-12-11-14-6-3-8-16(14)13-17/h1-2,4-5,7,9-13H,3,6,8H2. The molecule has 1 aliphatic carbocycles. The zero-order valence-corrected chi connectivity index (χ0v) is 10.9. The molecule has 0 aromatic heterocycles. The van der Waals surface area contributed by atoms with Crippen molar-refractivity contribution >= 4 is 10.8 Å². The normalized spacial score (nSPS) is 13.7. The summed E-state index contributed by atoms with van der Waals surface area (Å²) in [6, 6.07) is 22.2. The van der Waals surface area contributed by atoms with E-state index >= 15 is 0 Å². The third kappa shape index (κ3) is 1.76. The van der Waals surface area contributed by atoms with Crippen molar-refractivity contribution in [2.45, 2.75) is 19.3 Å². The SMILES string of the molecule is c1ccc2c(-c3ccc4c(c3)CCC4)cccc2c1. The fraction of sp³-hybridized carbons (Fsp3) is 0.158. The van der Waals surface area contributed by atoms with Crippen molar-refractivity contribution in [2.75, 3.05) is 0 Å². The van der Waals surface area contributed by atoms with Gasteiger partial charge >= 0.3 is 0 Å².